The number of aromatic nitrogens is 3. The summed E-state index contributed by atoms with van der Waals surface area (Å²) in [5.74, 6) is 0.175. The van der Waals surface area contributed by atoms with Crippen LogP contribution in [0.5, 0.6) is 0 Å². The average Bonchev–Trinajstić information content (AvgIpc) is 2.81. The number of nitrogens with one attached hydrogen (secondary N) is 2. The van der Waals surface area contributed by atoms with E-state index in [0.29, 0.717) is 11.0 Å². The molecule has 2 aromatic heterocycles. The molecule has 3 rings (SSSR count). The predicted octanol–water partition coefficient (Wildman–Crippen LogP) is 2.21. The summed E-state index contributed by atoms with van der Waals surface area (Å²) in [4.78, 5) is 4.07. The molecule has 0 radical (unpaired) electrons. The first-order valence-electron chi connectivity index (χ1n) is 6.39. The average molecular weight is 302 g/mol. The van der Waals surface area contributed by atoms with E-state index in [-0.39, 0.29) is 11.6 Å². The number of aryl methyl sites for hydroxylation is 1. The molecule has 0 atom stereocenters. The van der Waals surface area contributed by atoms with E-state index in [1.54, 1.807) is 24.4 Å². The monoisotopic (exact) mass is 302 g/mol. The first kappa shape index (κ1) is 13.6. The molecule has 1 aromatic carbocycles. The molecule has 7 heteroatoms. The summed E-state index contributed by atoms with van der Waals surface area (Å²) in [5.41, 5.74) is 2.31. The van der Waals surface area contributed by atoms with Crippen LogP contribution in [0.15, 0.2) is 42.6 Å². The number of nitrogens with zero attached hydrogens (tertiary/aromatic N) is 2. The van der Waals surface area contributed by atoms with Crippen molar-refractivity contribution in [3.05, 3.63) is 53.7 Å². The first-order chi connectivity index (χ1) is 10.0. The molecule has 3 aromatic rings. The maximum atomic E-state index is 12.2. The maximum absolute atomic E-state index is 12.2. The number of H-pyrrole nitrogens is 1. The lowest BCUT2D eigenvalue weighted by Gasteiger charge is -2.06. The maximum Gasteiger partial charge on any atom is 0.238 e. The zero-order valence-electron chi connectivity index (χ0n) is 11.4. The minimum Gasteiger partial charge on any atom is -0.265 e. The van der Waals surface area contributed by atoms with Gasteiger partial charge in [0, 0.05) is 6.20 Å². The standard InChI is InChI=1S/C14H14N4O2S/c1-10-4-2-5-11(8-10)9-21(19,20)18-14-12-6-3-7-15-13(12)16-17-14/h2-8H,9H2,1H3,(H2,15,16,17,18). The van der Waals surface area contributed by atoms with Gasteiger partial charge < -0.3 is 0 Å². The summed E-state index contributed by atoms with van der Waals surface area (Å²) in [6, 6.07) is 10.9. The molecule has 0 aliphatic carbocycles. The van der Waals surface area contributed by atoms with Crippen molar-refractivity contribution in [2.45, 2.75) is 12.7 Å². The minimum absolute atomic E-state index is 0.0940. The molecular formula is C14H14N4O2S. The van der Waals surface area contributed by atoms with Gasteiger partial charge in [0.1, 0.15) is 0 Å². The quantitative estimate of drug-likeness (QED) is 0.773. The van der Waals surface area contributed by atoms with E-state index in [2.05, 4.69) is 19.9 Å². The Morgan fingerprint density at radius 3 is 2.90 bits per heavy atom. The topological polar surface area (TPSA) is 87.7 Å². The van der Waals surface area contributed by atoms with Gasteiger partial charge in [-0.3, -0.25) is 9.82 Å². The number of hydrogen-bond acceptors (Lipinski definition) is 4. The van der Waals surface area contributed by atoms with Crippen molar-refractivity contribution in [1.29, 1.82) is 0 Å². The Balaban J connectivity index is 1.86. The lowest BCUT2D eigenvalue weighted by Crippen LogP contribution is -2.15. The molecule has 2 heterocycles. The summed E-state index contributed by atoms with van der Waals surface area (Å²) >= 11 is 0. The second-order valence-electron chi connectivity index (χ2n) is 4.82. The molecule has 0 spiro atoms. The van der Waals surface area contributed by atoms with Crippen molar-refractivity contribution in [2.24, 2.45) is 0 Å². The van der Waals surface area contributed by atoms with Crippen LogP contribution in [0.1, 0.15) is 11.1 Å². The SMILES string of the molecule is Cc1cccc(CS(=O)(=O)Nc2n[nH]c3ncccc23)c1. The van der Waals surface area contributed by atoms with Crippen molar-refractivity contribution >= 4 is 26.9 Å². The van der Waals surface area contributed by atoms with E-state index < -0.39 is 10.0 Å². The Labute approximate surface area is 122 Å². The summed E-state index contributed by atoms with van der Waals surface area (Å²) in [7, 11) is -3.53. The van der Waals surface area contributed by atoms with E-state index in [1.165, 1.54) is 0 Å². The number of aromatic amines is 1. The number of fused-ring (bicyclic) bond motifs is 1. The van der Waals surface area contributed by atoms with Crippen LogP contribution in [0, 0.1) is 6.92 Å². The van der Waals surface area contributed by atoms with Crippen molar-refractivity contribution < 1.29 is 8.42 Å². The molecule has 0 amide bonds. The number of anilines is 1. The lowest BCUT2D eigenvalue weighted by atomic mass is 10.2. The summed E-state index contributed by atoms with van der Waals surface area (Å²) in [6.07, 6.45) is 1.62. The normalized spacial score (nSPS) is 11.7. The highest BCUT2D eigenvalue weighted by Crippen LogP contribution is 2.20. The van der Waals surface area contributed by atoms with Crippen LogP contribution in [0.3, 0.4) is 0 Å². The molecule has 0 fully saturated rings. The van der Waals surface area contributed by atoms with Crippen LogP contribution in [0.25, 0.3) is 11.0 Å². The Morgan fingerprint density at radius 2 is 2.10 bits per heavy atom. The van der Waals surface area contributed by atoms with Gasteiger partial charge in [-0.15, -0.1) is 0 Å². The molecule has 0 saturated carbocycles. The van der Waals surface area contributed by atoms with Crippen LogP contribution < -0.4 is 4.72 Å². The molecule has 108 valence electrons. The smallest absolute Gasteiger partial charge is 0.238 e. The van der Waals surface area contributed by atoms with Gasteiger partial charge in [0.05, 0.1) is 11.1 Å². The van der Waals surface area contributed by atoms with Crippen molar-refractivity contribution in [1.82, 2.24) is 15.2 Å². The van der Waals surface area contributed by atoms with Crippen molar-refractivity contribution in [3.63, 3.8) is 0 Å². The fourth-order valence-electron chi connectivity index (χ4n) is 2.14. The predicted molar refractivity (Wildman–Crippen MR) is 81.3 cm³/mol. The van der Waals surface area contributed by atoms with Crippen LogP contribution >= 0.6 is 0 Å². The third-order valence-corrected chi connectivity index (χ3v) is 4.25. The van der Waals surface area contributed by atoms with Gasteiger partial charge in [-0.1, -0.05) is 29.8 Å². The van der Waals surface area contributed by atoms with Gasteiger partial charge in [0.25, 0.3) is 0 Å². The fourth-order valence-corrected chi connectivity index (χ4v) is 3.28. The molecule has 0 unspecified atom stereocenters. The van der Waals surface area contributed by atoms with Crippen LogP contribution in [0.4, 0.5) is 5.82 Å². The third-order valence-electron chi connectivity index (χ3n) is 3.03. The van der Waals surface area contributed by atoms with Gasteiger partial charge in [-0.2, -0.15) is 5.10 Å². The zero-order chi connectivity index (χ0) is 14.9. The molecule has 21 heavy (non-hydrogen) atoms. The minimum atomic E-state index is -3.53. The van der Waals surface area contributed by atoms with E-state index in [9.17, 15) is 8.42 Å². The van der Waals surface area contributed by atoms with Crippen molar-refractivity contribution in [2.75, 3.05) is 4.72 Å². The first-order valence-corrected chi connectivity index (χ1v) is 8.04. The molecule has 0 bridgehead atoms. The summed E-state index contributed by atoms with van der Waals surface area (Å²) in [5, 5.41) is 7.30. The van der Waals surface area contributed by atoms with E-state index >= 15 is 0 Å². The lowest BCUT2D eigenvalue weighted by molar-refractivity contribution is 0.600. The number of sulfonamides is 1. The number of hydrogen-bond donors (Lipinski definition) is 2. The van der Waals surface area contributed by atoms with Gasteiger partial charge in [0.2, 0.25) is 10.0 Å². The molecule has 0 saturated heterocycles. The second-order valence-corrected chi connectivity index (χ2v) is 6.54. The van der Waals surface area contributed by atoms with Gasteiger partial charge in [-0.05, 0) is 24.6 Å². The summed E-state index contributed by atoms with van der Waals surface area (Å²) < 4.78 is 27.0. The third kappa shape index (κ3) is 3.03. The number of pyridine rings is 1. The van der Waals surface area contributed by atoms with E-state index in [4.69, 9.17) is 0 Å². The molecular weight excluding hydrogens is 288 g/mol. The molecule has 6 nitrogen and oxygen atoms in total. The van der Waals surface area contributed by atoms with Gasteiger partial charge >= 0.3 is 0 Å². The largest absolute Gasteiger partial charge is 0.265 e. The Bertz CT molecular complexity index is 887. The highest BCUT2D eigenvalue weighted by Gasteiger charge is 2.15. The van der Waals surface area contributed by atoms with Gasteiger partial charge in [0.15, 0.2) is 11.5 Å². The zero-order valence-corrected chi connectivity index (χ0v) is 12.2. The molecule has 0 aliphatic heterocycles. The summed E-state index contributed by atoms with van der Waals surface area (Å²) in [6.45, 7) is 1.93. The Kier molecular flexibility index (Phi) is 3.34. The van der Waals surface area contributed by atoms with Crippen molar-refractivity contribution in [3.8, 4) is 0 Å². The second kappa shape index (κ2) is 5.17. The van der Waals surface area contributed by atoms with Crippen LogP contribution in [0.2, 0.25) is 0 Å². The Morgan fingerprint density at radius 1 is 1.24 bits per heavy atom. The number of rotatable bonds is 4. The fraction of sp³-hybridized carbons (Fsp3) is 0.143. The number of benzene rings is 1. The van der Waals surface area contributed by atoms with E-state index in [0.717, 1.165) is 11.1 Å². The highest BCUT2D eigenvalue weighted by atomic mass is 32.2. The van der Waals surface area contributed by atoms with Crippen LogP contribution in [-0.2, 0) is 15.8 Å². The van der Waals surface area contributed by atoms with E-state index in [1.807, 2.05) is 25.1 Å². The Hall–Kier alpha value is -2.41. The van der Waals surface area contributed by atoms with Gasteiger partial charge in [-0.25, -0.2) is 13.4 Å². The van der Waals surface area contributed by atoms with Crippen LogP contribution in [-0.4, -0.2) is 23.6 Å². The highest BCUT2D eigenvalue weighted by molar-refractivity contribution is 7.91. The molecule has 2 N–H and O–H groups in total. The molecule has 0 aliphatic rings.